The number of nitrogens with two attached hydrogens (primary N) is 1. The minimum absolute atomic E-state index is 0.262. The van der Waals surface area contributed by atoms with Crippen molar-refractivity contribution < 1.29 is 14.7 Å². The highest BCUT2D eigenvalue weighted by Crippen LogP contribution is 2.04. The Morgan fingerprint density at radius 2 is 2.00 bits per heavy atom. The highest BCUT2D eigenvalue weighted by molar-refractivity contribution is 5.99. The molecule has 0 saturated carbocycles. The number of aliphatic hydroxyl groups is 1. The van der Waals surface area contributed by atoms with Gasteiger partial charge in [-0.1, -0.05) is 6.07 Å². The topological polar surface area (TPSA) is 104 Å². The van der Waals surface area contributed by atoms with Crippen LogP contribution < -0.4 is 16.4 Å². The van der Waals surface area contributed by atoms with Gasteiger partial charge in [-0.3, -0.25) is 9.59 Å². The molecule has 0 aliphatic rings. The molecule has 0 aromatic heterocycles. The van der Waals surface area contributed by atoms with Crippen LogP contribution >= 0.6 is 0 Å². The Kier molecular flexibility index (Phi) is 5.98. The standard InChI is InChI=1S/C13H19N3O3/c1-9(17)8-15-5-6-16-13(19)11-4-2-3-10(7-11)12(14)18/h2-4,7,9,15,17H,5-6,8H2,1H3,(H2,14,18)(H,16,19). The van der Waals surface area contributed by atoms with E-state index in [-0.39, 0.29) is 5.91 Å². The largest absolute Gasteiger partial charge is 0.392 e. The fraction of sp³-hybridized carbons (Fsp3) is 0.385. The third-order valence-electron chi connectivity index (χ3n) is 2.44. The lowest BCUT2D eigenvalue weighted by Gasteiger charge is -2.08. The summed E-state index contributed by atoms with van der Waals surface area (Å²) in [6.45, 7) is 3.16. The quantitative estimate of drug-likeness (QED) is 0.498. The molecule has 0 heterocycles. The molecule has 2 amide bonds. The van der Waals surface area contributed by atoms with Crippen molar-refractivity contribution in [1.82, 2.24) is 10.6 Å². The van der Waals surface area contributed by atoms with Crippen LogP contribution in [-0.4, -0.2) is 42.7 Å². The highest BCUT2D eigenvalue weighted by Gasteiger charge is 2.07. The Hall–Kier alpha value is -1.92. The van der Waals surface area contributed by atoms with E-state index in [9.17, 15) is 9.59 Å². The molecule has 1 atom stereocenters. The van der Waals surface area contributed by atoms with Gasteiger partial charge in [0.05, 0.1) is 6.10 Å². The summed E-state index contributed by atoms with van der Waals surface area (Å²) in [7, 11) is 0. The number of aliphatic hydroxyl groups excluding tert-OH is 1. The van der Waals surface area contributed by atoms with Crippen LogP contribution in [0.5, 0.6) is 0 Å². The Labute approximate surface area is 112 Å². The lowest BCUT2D eigenvalue weighted by atomic mass is 10.1. The van der Waals surface area contributed by atoms with Crippen LogP contribution in [0.2, 0.25) is 0 Å². The second-order valence-corrected chi connectivity index (χ2v) is 4.25. The Morgan fingerprint density at radius 1 is 1.32 bits per heavy atom. The van der Waals surface area contributed by atoms with Gasteiger partial charge in [-0.2, -0.15) is 0 Å². The Morgan fingerprint density at radius 3 is 2.63 bits per heavy atom. The predicted octanol–water partition coefficient (Wildman–Crippen LogP) is -0.514. The number of amides is 2. The first-order chi connectivity index (χ1) is 9.00. The van der Waals surface area contributed by atoms with Gasteiger partial charge in [-0.05, 0) is 25.1 Å². The van der Waals surface area contributed by atoms with Crippen molar-refractivity contribution in [3.63, 3.8) is 0 Å². The number of primary amides is 1. The van der Waals surface area contributed by atoms with Crippen LogP contribution in [0.4, 0.5) is 0 Å². The van der Waals surface area contributed by atoms with E-state index in [1.54, 1.807) is 25.1 Å². The average Bonchev–Trinajstić information content (AvgIpc) is 2.37. The van der Waals surface area contributed by atoms with Crippen molar-refractivity contribution in [3.05, 3.63) is 35.4 Å². The summed E-state index contributed by atoms with van der Waals surface area (Å²) in [5, 5.41) is 14.7. The second kappa shape index (κ2) is 7.50. The van der Waals surface area contributed by atoms with E-state index >= 15 is 0 Å². The van der Waals surface area contributed by atoms with E-state index in [4.69, 9.17) is 10.8 Å². The summed E-state index contributed by atoms with van der Waals surface area (Å²) in [6, 6.07) is 6.25. The molecule has 0 spiro atoms. The zero-order valence-corrected chi connectivity index (χ0v) is 10.8. The fourth-order valence-electron chi connectivity index (χ4n) is 1.49. The molecule has 104 valence electrons. The van der Waals surface area contributed by atoms with Gasteiger partial charge in [-0.15, -0.1) is 0 Å². The molecular weight excluding hydrogens is 246 g/mol. The first-order valence-corrected chi connectivity index (χ1v) is 6.07. The molecule has 0 fully saturated rings. The lowest BCUT2D eigenvalue weighted by molar-refractivity contribution is 0.0953. The highest BCUT2D eigenvalue weighted by atomic mass is 16.3. The third kappa shape index (κ3) is 5.50. The van der Waals surface area contributed by atoms with Crippen LogP contribution in [0.1, 0.15) is 27.6 Å². The number of nitrogens with one attached hydrogen (secondary N) is 2. The number of rotatable bonds is 7. The van der Waals surface area contributed by atoms with Gasteiger partial charge in [-0.25, -0.2) is 0 Å². The minimum atomic E-state index is -0.562. The number of carbonyl (C=O) groups is 2. The molecule has 1 aromatic rings. The van der Waals surface area contributed by atoms with Crippen LogP contribution in [0.15, 0.2) is 24.3 Å². The van der Waals surface area contributed by atoms with Gasteiger partial charge in [0.1, 0.15) is 0 Å². The van der Waals surface area contributed by atoms with E-state index in [0.29, 0.717) is 30.8 Å². The Balaban J connectivity index is 2.41. The van der Waals surface area contributed by atoms with Crippen molar-refractivity contribution in [2.75, 3.05) is 19.6 Å². The maximum atomic E-state index is 11.8. The molecule has 0 aliphatic carbocycles. The summed E-state index contributed by atoms with van der Waals surface area (Å²) in [5.41, 5.74) is 5.85. The molecule has 0 bridgehead atoms. The predicted molar refractivity (Wildman–Crippen MR) is 71.8 cm³/mol. The maximum absolute atomic E-state index is 11.8. The molecule has 5 N–H and O–H groups in total. The monoisotopic (exact) mass is 265 g/mol. The number of hydrogen-bond acceptors (Lipinski definition) is 4. The maximum Gasteiger partial charge on any atom is 0.251 e. The molecule has 0 saturated heterocycles. The van der Waals surface area contributed by atoms with E-state index in [1.807, 2.05) is 0 Å². The van der Waals surface area contributed by atoms with Crippen molar-refractivity contribution in [1.29, 1.82) is 0 Å². The molecular formula is C13H19N3O3. The number of benzene rings is 1. The molecule has 1 aromatic carbocycles. The van der Waals surface area contributed by atoms with Gasteiger partial charge in [0.2, 0.25) is 5.91 Å². The van der Waals surface area contributed by atoms with E-state index in [1.165, 1.54) is 6.07 Å². The van der Waals surface area contributed by atoms with Crippen molar-refractivity contribution in [2.45, 2.75) is 13.0 Å². The molecule has 0 aliphatic heterocycles. The smallest absolute Gasteiger partial charge is 0.251 e. The van der Waals surface area contributed by atoms with Crippen molar-refractivity contribution >= 4 is 11.8 Å². The Bertz CT molecular complexity index is 447. The SMILES string of the molecule is CC(O)CNCCNC(=O)c1cccc(C(N)=O)c1. The second-order valence-electron chi connectivity index (χ2n) is 4.25. The summed E-state index contributed by atoms with van der Waals surface area (Å²) in [4.78, 5) is 22.8. The first-order valence-electron chi connectivity index (χ1n) is 6.07. The first kappa shape index (κ1) is 15.1. The van der Waals surface area contributed by atoms with Gasteiger partial charge < -0.3 is 21.5 Å². The summed E-state index contributed by atoms with van der Waals surface area (Å²) in [5.74, 6) is -0.824. The number of hydrogen-bond donors (Lipinski definition) is 4. The van der Waals surface area contributed by atoms with E-state index < -0.39 is 12.0 Å². The average molecular weight is 265 g/mol. The van der Waals surface area contributed by atoms with Crippen LogP contribution in [0.3, 0.4) is 0 Å². The zero-order chi connectivity index (χ0) is 14.3. The fourth-order valence-corrected chi connectivity index (χ4v) is 1.49. The van der Waals surface area contributed by atoms with Crippen molar-refractivity contribution in [2.24, 2.45) is 5.73 Å². The normalized spacial score (nSPS) is 11.9. The van der Waals surface area contributed by atoms with E-state index in [2.05, 4.69) is 10.6 Å². The molecule has 6 nitrogen and oxygen atoms in total. The lowest BCUT2D eigenvalue weighted by Crippen LogP contribution is -2.34. The van der Waals surface area contributed by atoms with Gasteiger partial charge in [0, 0.05) is 30.8 Å². The molecule has 19 heavy (non-hydrogen) atoms. The van der Waals surface area contributed by atoms with Crippen LogP contribution in [0, 0.1) is 0 Å². The summed E-state index contributed by atoms with van der Waals surface area (Å²) < 4.78 is 0. The van der Waals surface area contributed by atoms with E-state index in [0.717, 1.165) is 0 Å². The zero-order valence-electron chi connectivity index (χ0n) is 10.8. The molecule has 1 rings (SSSR count). The third-order valence-corrected chi connectivity index (χ3v) is 2.44. The van der Waals surface area contributed by atoms with Gasteiger partial charge in [0.25, 0.3) is 5.91 Å². The van der Waals surface area contributed by atoms with Gasteiger partial charge >= 0.3 is 0 Å². The molecule has 6 heteroatoms. The van der Waals surface area contributed by atoms with Crippen LogP contribution in [-0.2, 0) is 0 Å². The molecule has 1 unspecified atom stereocenters. The summed E-state index contributed by atoms with van der Waals surface area (Å²) in [6.07, 6.45) is -0.414. The van der Waals surface area contributed by atoms with Crippen LogP contribution in [0.25, 0.3) is 0 Å². The number of carbonyl (C=O) groups excluding carboxylic acids is 2. The summed E-state index contributed by atoms with van der Waals surface area (Å²) >= 11 is 0. The molecule has 0 radical (unpaired) electrons. The van der Waals surface area contributed by atoms with Crippen molar-refractivity contribution in [3.8, 4) is 0 Å². The minimum Gasteiger partial charge on any atom is -0.392 e. The van der Waals surface area contributed by atoms with Gasteiger partial charge in [0.15, 0.2) is 0 Å².